The average Bonchev–Trinajstić information content (AvgIpc) is 3.43. The Kier molecular flexibility index (Phi) is 5.15. The number of nitrogens with one attached hydrogen (secondary N) is 1. The Hall–Kier alpha value is -3.29. The minimum Gasteiger partial charge on any atom is -0.493 e. The summed E-state index contributed by atoms with van der Waals surface area (Å²) in [7, 11) is 3.23. The molecule has 2 aromatic heterocycles. The summed E-state index contributed by atoms with van der Waals surface area (Å²) in [6.07, 6.45) is 2.59. The molecule has 1 aliphatic carbocycles. The maximum atomic E-state index is 11.7. The van der Waals surface area contributed by atoms with Crippen LogP contribution in [-0.4, -0.2) is 47.3 Å². The van der Waals surface area contributed by atoms with Gasteiger partial charge in [0.05, 0.1) is 25.4 Å². The van der Waals surface area contributed by atoms with Crippen LogP contribution in [-0.2, 0) is 4.79 Å². The maximum Gasteiger partial charge on any atom is 0.241 e. The van der Waals surface area contributed by atoms with E-state index in [4.69, 9.17) is 24.2 Å². The largest absolute Gasteiger partial charge is 0.493 e. The first-order valence-electron chi connectivity index (χ1n) is 11.0. The van der Waals surface area contributed by atoms with Crippen LogP contribution in [0.1, 0.15) is 38.1 Å². The van der Waals surface area contributed by atoms with Gasteiger partial charge in [0, 0.05) is 30.5 Å². The summed E-state index contributed by atoms with van der Waals surface area (Å²) in [5.74, 6) is 3.01. The Balaban J connectivity index is 1.60. The van der Waals surface area contributed by atoms with Gasteiger partial charge in [0.25, 0.3) is 0 Å². The predicted molar refractivity (Wildman–Crippen MR) is 120 cm³/mol. The first kappa shape index (κ1) is 20.6. The number of amides is 1. The molecule has 32 heavy (non-hydrogen) atoms. The van der Waals surface area contributed by atoms with Gasteiger partial charge in [-0.3, -0.25) is 4.79 Å². The summed E-state index contributed by atoms with van der Waals surface area (Å²) in [6, 6.07) is 8.17. The Labute approximate surface area is 186 Å². The quantitative estimate of drug-likeness (QED) is 0.608. The Morgan fingerprint density at radius 3 is 2.56 bits per heavy atom. The minimum absolute atomic E-state index is 0.0708. The van der Waals surface area contributed by atoms with E-state index in [1.165, 1.54) is 0 Å². The highest BCUT2D eigenvalue weighted by Crippen LogP contribution is 2.42. The van der Waals surface area contributed by atoms with Crippen LogP contribution >= 0.6 is 0 Å². The van der Waals surface area contributed by atoms with Crippen molar-refractivity contribution >= 4 is 16.9 Å². The van der Waals surface area contributed by atoms with Crippen molar-refractivity contribution < 1.29 is 19.0 Å². The SMILES string of the molecule is COc1ccc(-c2cc3nc(C)n(C4CC4)c3c(O[C@H](C)[C@H]3CNC(=O)C3)n2)cc1OC. The molecule has 0 bridgehead atoms. The van der Waals surface area contributed by atoms with Crippen molar-refractivity contribution in [2.45, 2.75) is 45.3 Å². The van der Waals surface area contributed by atoms with Crippen molar-refractivity contribution in [3.63, 3.8) is 0 Å². The van der Waals surface area contributed by atoms with Crippen LogP contribution in [0.25, 0.3) is 22.3 Å². The fraction of sp³-hybridized carbons (Fsp3) is 0.458. The van der Waals surface area contributed by atoms with Gasteiger partial charge in [0.1, 0.15) is 17.4 Å². The van der Waals surface area contributed by atoms with Crippen molar-refractivity contribution in [1.29, 1.82) is 0 Å². The number of hydrogen-bond donors (Lipinski definition) is 1. The number of imidazole rings is 1. The molecule has 0 unspecified atom stereocenters. The van der Waals surface area contributed by atoms with Gasteiger partial charge in [0.15, 0.2) is 11.5 Å². The molecule has 5 rings (SSSR count). The van der Waals surface area contributed by atoms with E-state index < -0.39 is 0 Å². The van der Waals surface area contributed by atoms with Crippen LogP contribution in [0.4, 0.5) is 0 Å². The second-order valence-electron chi connectivity index (χ2n) is 8.60. The fourth-order valence-electron chi connectivity index (χ4n) is 4.44. The molecule has 3 heterocycles. The third-order valence-corrected chi connectivity index (χ3v) is 6.37. The van der Waals surface area contributed by atoms with E-state index in [2.05, 4.69) is 9.88 Å². The molecule has 2 fully saturated rings. The molecular formula is C24H28N4O4. The molecule has 3 aromatic rings. The van der Waals surface area contributed by atoms with Crippen molar-refractivity contribution in [3.05, 3.63) is 30.1 Å². The predicted octanol–water partition coefficient (Wildman–Crippen LogP) is 3.66. The van der Waals surface area contributed by atoms with Crippen LogP contribution in [0.3, 0.4) is 0 Å². The second kappa shape index (κ2) is 8.00. The first-order valence-corrected chi connectivity index (χ1v) is 11.0. The zero-order valence-corrected chi connectivity index (χ0v) is 18.8. The van der Waals surface area contributed by atoms with Crippen LogP contribution in [0.15, 0.2) is 24.3 Å². The number of carbonyl (C=O) groups is 1. The summed E-state index contributed by atoms with van der Waals surface area (Å²) >= 11 is 0. The van der Waals surface area contributed by atoms with Gasteiger partial charge in [-0.1, -0.05) is 0 Å². The Morgan fingerprint density at radius 2 is 1.91 bits per heavy atom. The minimum atomic E-state index is -0.159. The van der Waals surface area contributed by atoms with Crippen LogP contribution < -0.4 is 19.5 Å². The fourth-order valence-corrected chi connectivity index (χ4v) is 4.44. The van der Waals surface area contributed by atoms with Gasteiger partial charge in [-0.15, -0.1) is 0 Å². The number of benzene rings is 1. The number of carbonyl (C=O) groups excluding carboxylic acids is 1. The molecule has 1 aromatic carbocycles. The summed E-state index contributed by atoms with van der Waals surface area (Å²) < 4.78 is 19.5. The van der Waals surface area contributed by atoms with Gasteiger partial charge < -0.3 is 24.1 Å². The van der Waals surface area contributed by atoms with Crippen LogP contribution in [0.5, 0.6) is 17.4 Å². The average molecular weight is 437 g/mol. The molecule has 8 heteroatoms. The molecule has 0 radical (unpaired) electrons. The molecule has 2 aliphatic rings. The number of rotatable bonds is 7. The molecule has 1 saturated heterocycles. The molecule has 8 nitrogen and oxygen atoms in total. The van der Waals surface area contributed by atoms with Crippen molar-refractivity contribution in [1.82, 2.24) is 19.9 Å². The van der Waals surface area contributed by atoms with Crippen molar-refractivity contribution in [3.8, 4) is 28.6 Å². The Morgan fingerprint density at radius 1 is 1.12 bits per heavy atom. The van der Waals surface area contributed by atoms with E-state index in [1.54, 1.807) is 14.2 Å². The molecule has 168 valence electrons. The van der Waals surface area contributed by atoms with E-state index >= 15 is 0 Å². The van der Waals surface area contributed by atoms with Gasteiger partial charge in [-0.25, -0.2) is 9.97 Å². The van der Waals surface area contributed by atoms with Gasteiger partial charge >= 0.3 is 0 Å². The number of fused-ring (bicyclic) bond motifs is 1. The standard InChI is InChI=1S/C24H28N4O4/c1-13(16-10-22(29)25-12-16)32-24-23-19(26-14(2)28(23)17-6-7-17)11-18(27-24)15-5-8-20(30-3)21(9-15)31-4/h5,8-9,11,13,16-17H,6-7,10,12H2,1-4H3,(H,25,29)/t13-,16-/m1/s1. The second-order valence-corrected chi connectivity index (χ2v) is 8.60. The summed E-state index contributed by atoms with van der Waals surface area (Å²) in [5.41, 5.74) is 3.43. The van der Waals surface area contributed by atoms with E-state index in [9.17, 15) is 4.79 Å². The summed E-state index contributed by atoms with van der Waals surface area (Å²) in [4.78, 5) is 21.5. The number of pyridine rings is 1. The highest BCUT2D eigenvalue weighted by atomic mass is 16.5. The summed E-state index contributed by atoms with van der Waals surface area (Å²) in [5, 5.41) is 2.90. The lowest BCUT2D eigenvalue weighted by Gasteiger charge is -2.20. The molecule has 0 spiro atoms. The lowest BCUT2D eigenvalue weighted by Crippen LogP contribution is -2.26. The zero-order valence-electron chi connectivity index (χ0n) is 18.8. The monoisotopic (exact) mass is 436 g/mol. The molecule has 1 saturated carbocycles. The van der Waals surface area contributed by atoms with Crippen molar-refractivity contribution in [2.75, 3.05) is 20.8 Å². The molecule has 1 aliphatic heterocycles. The molecule has 2 atom stereocenters. The summed E-state index contributed by atoms with van der Waals surface area (Å²) in [6.45, 7) is 4.66. The van der Waals surface area contributed by atoms with E-state index in [0.717, 1.165) is 41.0 Å². The highest BCUT2D eigenvalue weighted by molar-refractivity contribution is 5.86. The first-order chi connectivity index (χ1) is 15.5. The topological polar surface area (TPSA) is 87.5 Å². The van der Waals surface area contributed by atoms with E-state index in [1.807, 2.05) is 38.1 Å². The zero-order chi connectivity index (χ0) is 22.4. The van der Waals surface area contributed by atoms with Crippen LogP contribution in [0, 0.1) is 12.8 Å². The third kappa shape index (κ3) is 3.63. The van der Waals surface area contributed by atoms with Gasteiger partial charge in [-0.05, 0) is 51.0 Å². The number of nitrogens with zero attached hydrogens (tertiary/aromatic N) is 3. The number of hydrogen-bond acceptors (Lipinski definition) is 6. The molecule has 1 N–H and O–H groups in total. The molecular weight excluding hydrogens is 408 g/mol. The third-order valence-electron chi connectivity index (χ3n) is 6.37. The van der Waals surface area contributed by atoms with E-state index in [0.29, 0.717) is 36.4 Å². The molecule has 1 amide bonds. The van der Waals surface area contributed by atoms with Crippen molar-refractivity contribution in [2.24, 2.45) is 5.92 Å². The number of aromatic nitrogens is 3. The highest BCUT2D eigenvalue weighted by Gasteiger charge is 2.32. The number of ether oxygens (including phenoxy) is 3. The van der Waals surface area contributed by atoms with Gasteiger partial charge in [-0.2, -0.15) is 0 Å². The maximum absolute atomic E-state index is 11.7. The Bertz CT molecular complexity index is 1180. The number of aryl methyl sites for hydroxylation is 1. The van der Waals surface area contributed by atoms with E-state index in [-0.39, 0.29) is 17.9 Å². The lowest BCUT2D eigenvalue weighted by atomic mass is 10.0. The smallest absolute Gasteiger partial charge is 0.241 e. The lowest BCUT2D eigenvalue weighted by molar-refractivity contribution is -0.119. The number of methoxy groups -OCH3 is 2. The van der Waals surface area contributed by atoms with Crippen LogP contribution in [0.2, 0.25) is 0 Å². The van der Waals surface area contributed by atoms with Gasteiger partial charge in [0.2, 0.25) is 11.8 Å². The normalized spacial score (nSPS) is 19.1.